The van der Waals surface area contributed by atoms with Gasteiger partial charge >= 0.3 is 5.97 Å². The number of nitrogens with zero attached hydrogens (tertiary/aromatic N) is 2. The Kier molecular flexibility index (Phi) is 6.52. The zero-order valence-electron chi connectivity index (χ0n) is 19.6. The number of piperazine rings is 1. The van der Waals surface area contributed by atoms with E-state index in [1.54, 1.807) is 24.3 Å². The summed E-state index contributed by atoms with van der Waals surface area (Å²) in [5, 5.41) is 9.85. The number of nitrogens with one attached hydrogen (secondary N) is 1. The number of carbonyl (C=O) groups is 1. The first kappa shape index (κ1) is 23.6. The van der Waals surface area contributed by atoms with Gasteiger partial charge in [-0.25, -0.2) is 13.2 Å². The molecule has 34 heavy (non-hydrogen) atoms. The molecule has 0 unspecified atom stereocenters. The zero-order chi connectivity index (χ0) is 24.5. The fourth-order valence-corrected chi connectivity index (χ4v) is 5.29. The number of benzene rings is 3. The van der Waals surface area contributed by atoms with Crippen LogP contribution in [0.1, 0.15) is 27.0 Å². The molecule has 1 saturated heterocycles. The van der Waals surface area contributed by atoms with Crippen molar-refractivity contribution in [2.24, 2.45) is 0 Å². The van der Waals surface area contributed by atoms with Gasteiger partial charge in [-0.1, -0.05) is 29.8 Å². The third-order valence-corrected chi connectivity index (χ3v) is 7.74. The van der Waals surface area contributed by atoms with Crippen molar-refractivity contribution in [2.75, 3.05) is 40.7 Å². The van der Waals surface area contributed by atoms with Gasteiger partial charge in [-0.15, -0.1) is 0 Å². The summed E-state index contributed by atoms with van der Waals surface area (Å²) >= 11 is 0. The molecule has 0 bridgehead atoms. The molecule has 1 fully saturated rings. The van der Waals surface area contributed by atoms with Gasteiger partial charge in [0.15, 0.2) is 0 Å². The fourth-order valence-electron chi connectivity index (χ4n) is 4.24. The lowest BCUT2D eigenvalue weighted by Gasteiger charge is -2.38. The lowest BCUT2D eigenvalue weighted by Crippen LogP contribution is -2.47. The maximum absolute atomic E-state index is 12.7. The summed E-state index contributed by atoms with van der Waals surface area (Å²) < 4.78 is 28.0. The Labute approximate surface area is 200 Å². The van der Waals surface area contributed by atoms with E-state index in [9.17, 15) is 18.3 Å². The maximum atomic E-state index is 12.7. The number of anilines is 3. The fraction of sp³-hybridized carbons (Fsp3) is 0.269. The van der Waals surface area contributed by atoms with E-state index in [0.717, 1.165) is 18.7 Å². The van der Waals surface area contributed by atoms with Crippen molar-refractivity contribution in [3.05, 3.63) is 82.9 Å². The zero-order valence-corrected chi connectivity index (χ0v) is 20.4. The van der Waals surface area contributed by atoms with Crippen LogP contribution in [0.25, 0.3) is 0 Å². The van der Waals surface area contributed by atoms with E-state index in [-0.39, 0.29) is 16.1 Å². The van der Waals surface area contributed by atoms with Crippen LogP contribution in [0.4, 0.5) is 17.1 Å². The second kappa shape index (κ2) is 9.38. The molecule has 1 aliphatic heterocycles. The number of rotatable bonds is 6. The molecule has 4 rings (SSSR count). The van der Waals surface area contributed by atoms with Crippen LogP contribution in [0.15, 0.2) is 65.6 Å². The summed E-state index contributed by atoms with van der Waals surface area (Å²) in [4.78, 5) is 16.5. The first-order chi connectivity index (χ1) is 16.2. The number of hydrogen-bond donors (Lipinski definition) is 2. The molecule has 0 spiro atoms. The summed E-state index contributed by atoms with van der Waals surface area (Å²) in [6.45, 7) is 8.98. The molecule has 1 aliphatic rings. The lowest BCUT2D eigenvalue weighted by molar-refractivity contribution is 0.0697. The molecule has 8 heteroatoms. The van der Waals surface area contributed by atoms with Crippen LogP contribution in [0, 0.1) is 20.8 Å². The number of sulfonamides is 1. The molecule has 0 amide bonds. The van der Waals surface area contributed by atoms with E-state index in [0.29, 0.717) is 18.8 Å². The molecule has 0 aliphatic carbocycles. The minimum Gasteiger partial charge on any atom is -0.478 e. The van der Waals surface area contributed by atoms with Gasteiger partial charge in [-0.2, -0.15) is 0 Å². The van der Waals surface area contributed by atoms with E-state index < -0.39 is 16.0 Å². The molecule has 0 aromatic heterocycles. The maximum Gasteiger partial charge on any atom is 0.337 e. The number of carboxylic acid groups (broad SMARTS) is 1. The van der Waals surface area contributed by atoms with Crippen molar-refractivity contribution in [2.45, 2.75) is 25.7 Å². The van der Waals surface area contributed by atoms with Crippen LogP contribution in [0.5, 0.6) is 0 Å². The van der Waals surface area contributed by atoms with E-state index in [2.05, 4.69) is 41.7 Å². The van der Waals surface area contributed by atoms with Crippen LogP contribution in [-0.2, 0) is 10.0 Å². The standard InChI is InChI=1S/C26H29N3O4S/c1-18-7-10-22(11-8-18)34(32,33)27-21-9-12-25(23(17-21)26(30)31)29-15-13-28(14-16-29)24-6-4-5-19(2)20(24)3/h4-12,17,27H,13-16H2,1-3H3,(H,30,31). The Bertz CT molecular complexity index is 1310. The second-order valence-electron chi connectivity index (χ2n) is 8.65. The molecule has 178 valence electrons. The van der Waals surface area contributed by atoms with Gasteiger partial charge < -0.3 is 14.9 Å². The van der Waals surface area contributed by atoms with Gasteiger partial charge in [-0.3, -0.25) is 4.72 Å². The van der Waals surface area contributed by atoms with Gasteiger partial charge in [0.05, 0.1) is 16.1 Å². The third kappa shape index (κ3) is 4.87. The summed E-state index contributed by atoms with van der Waals surface area (Å²) in [5.41, 5.74) is 5.55. The Morgan fingerprint density at radius 3 is 2.09 bits per heavy atom. The highest BCUT2D eigenvalue weighted by Gasteiger charge is 2.24. The van der Waals surface area contributed by atoms with Crippen molar-refractivity contribution in [1.29, 1.82) is 0 Å². The van der Waals surface area contributed by atoms with E-state index in [1.165, 1.54) is 35.0 Å². The molecular weight excluding hydrogens is 450 g/mol. The van der Waals surface area contributed by atoms with Crippen LogP contribution < -0.4 is 14.5 Å². The van der Waals surface area contributed by atoms with Crippen molar-refractivity contribution >= 4 is 33.1 Å². The molecular formula is C26H29N3O4S. The minimum atomic E-state index is -3.82. The van der Waals surface area contributed by atoms with Gasteiger partial charge in [0.2, 0.25) is 0 Å². The number of aryl methyl sites for hydroxylation is 2. The predicted octanol–water partition coefficient (Wildman–Crippen LogP) is 4.44. The van der Waals surface area contributed by atoms with Gasteiger partial charge in [0, 0.05) is 37.6 Å². The van der Waals surface area contributed by atoms with Crippen molar-refractivity contribution in [1.82, 2.24) is 0 Å². The molecule has 0 saturated carbocycles. The van der Waals surface area contributed by atoms with Gasteiger partial charge in [-0.05, 0) is 68.3 Å². The molecule has 0 radical (unpaired) electrons. The number of aromatic carboxylic acids is 1. The second-order valence-corrected chi connectivity index (χ2v) is 10.3. The molecule has 3 aromatic carbocycles. The van der Waals surface area contributed by atoms with Crippen molar-refractivity contribution in [3.63, 3.8) is 0 Å². The summed E-state index contributed by atoms with van der Waals surface area (Å²) in [7, 11) is -3.82. The Morgan fingerprint density at radius 1 is 0.853 bits per heavy atom. The number of carboxylic acids is 1. The highest BCUT2D eigenvalue weighted by molar-refractivity contribution is 7.92. The van der Waals surface area contributed by atoms with E-state index in [1.807, 2.05) is 11.8 Å². The van der Waals surface area contributed by atoms with E-state index in [4.69, 9.17) is 0 Å². The minimum absolute atomic E-state index is 0.0734. The lowest BCUT2D eigenvalue weighted by atomic mass is 10.1. The Balaban J connectivity index is 1.53. The first-order valence-corrected chi connectivity index (χ1v) is 12.7. The largest absolute Gasteiger partial charge is 0.478 e. The van der Waals surface area contributed by atoms with E-state index >= 15 is 0 Å². The van der Waals surface area contributed by atoms with Crippen LogP contribution in [0.2, 0.25) is 0 Å². The van der Waals surface area contributed by atoms with Crippen LogP contribution >= 0.6 is 0 Å². The molecule has 2 N–H and O–H groups in total. The topological polar surface area (TPSA) is 90.0 Å². The molecule has 7 nitrogen and oxygen atoms in total. The van der Waals surface area contributed by atoms with Gasteiger partial charge in [0.25, 0.3) is 10.0 Å². The van der Waals surface area contributed by atoms with Crippen molar-refractivity contribution < 1.29 is 18.3 Å². The van der Waals surface area contributed by atoms with Crippen molar-refractivity contribution in [3.8, 4) is 0 Å². The normalized spacial score (nSPS) is 14.2. The SMILES string of the molecule is Cc1ccc(S(=O)(=O)Nc2ccc(N3CCN(c4cccc(C)c4C)CC3)c(C(=O)O)c2)cc1. The van der Waals surface area contributed by atoms with Crippen LogP contribution in [-0.4, -0.2) is 45.7 Å². The first-order valence-electron chi connectivity index (χ1n) is 11.2. The smallest absolute Gasteiger partial charge is 0.337 e. The average Bonchev–Trinajstić information content (AvgIpc) is 2.81. The summed E-state index contributed by atoms with van der Waals surface area (Å²) in [6.07, 6.45) is 0. The molecule has 3 aromatic rings. The highest BCUT2D eigenvalue weighted by Crippen LogP contribution is 2.29. The quantitative estimate of drug-likeness (QED) is 0.543. The van der Waals surface area contributed by atoms with Crippen LogP contribution in [0.3, 0.4) is 0 Å². The highest BCUT2D eigenvalue weighted by atomic mass is 32.2. The number of hydrogen-bond acceptors (Lipinski definition) is 5. The summed E-state index contributed by atoms with van der Waals surface area (Å²) in [6, 6.07) is 17.5. The monoisotopic (exact) mass is 479 g/mol. The Morgan fingerprint density at radius 2 is 1.47 bits per heavy atom. The average molecular weight is 480 g/mol. The third-order valence-electron chi connectivity index (χ3n) is 6.35. The summed E-state index contributed by atoms with van der Waals surface area (Å²) in [5.74, 6) is -1.09. The van der Waals surface area contributed by atoms with Gasteiger partial charge in [0.1, 0.15) is 0 Å². The molecule has 0 atom stereocenters. The Hall–Kier alpha value is -3.52. The molecule has 1 heterocycles. The predicted molar refractivity (Wildman–Crippen MR) is 136 cm³/mol.